The second-order valence-corrected chi connectivity index (χ2v) is 5.76. The Morgan fingerprint density at radius 1 is 0.412 bits per heavy atom. The standard InChI is InChI=1S/C10H4F17.3CH4O.Al/c1-2-3(11,12)4(13,14)5(15,16)6(17,18)7(19,20)8(21,22)9(23,24)10(25,26)27;3*1-2;/h1-2H2;3*2H,1H3;/q;;;;+2. The summed E-state index contributed by atoms with van der Waals surface area (Å²) in [5.41, 5.74) is 0. The Bertz CT molecular complexity index is 578. The predicted octanol–water partition coefficient (Wildman–Crippen LogP) is 4.80. The second kappa shape index (κ2) is 13.0. The van der Waals surface area contributed by atoms with Gasteiger partial charge in [-0.1, -0.05) is 0 Å². The number of hydrogen-bond donors (Lipinski definition) is 3. The zero-order valence-corrected chi connectivity index (χ0v) is 17.9. The second-order valence-electron chi connectivity index (χ2n) is 5.19. The molecular weight excluding hydrogens is 554 g/mol. The third-order valence-electron chi connectivity index (χ3n) is 3.25. The molecule has 0 fully saturated rings. The zero-order valence-electron chi connectivity index (χ0n) is 16.8. The molecule has 0 aromatic heterocycles. The number of rotatable bonds is 8. The molecule has 0 aliphatic heterocycles. The number of aliphatic hydroxyl groups is 3. The topological polar surface area (TPSA) is 60.7 Å². The van der Waals surface area contributed by atoms with E-state index in [1.54, 1.807) is 0 Å². The van der Waals surface area contributed by atoms with Gasteiger partial charge in [-0.2, -0.15) is 0 Å². The van der Waals surface area contributed by atoms with Gasteiger partial charge in [-0.25, -0.2) is 0 Å². The summed E-state index contributed by atoms with van der Waals surface area (Å²) < 4.78 is 217. The molecule has 34 heavy (non-hydrogen) atoms. The van der Waals surface area contributed by atoms with Crippen molar-refractivity contribution in [2.75, 3.05) is 21.3 Å². The molecule has 0 aromatic carbocycles. The quantitative estimate of drug-likeness (QED) is 0.291. The van der Waals surface area contributed by atoms with Crippen molar-refractivity contribution in [2.45, 2.75) is 59.3 Å². The molecule has 0 amide bonds. The van der Waals surface area contributed by atoms with Crippen LogP contribution in [0.15, 0.2) is 0 Å². The van der Waals surface area contributed by atoms with Gasteiger partial charge in [0.2, 0.25) is 0 Å². The van der Waals surface area contributed by atoms with Crippen molar-refractivity contribution in [2.24, 2.45) is 0 Å². The van der Waals surface area contributed by atoms with Crippen LogP contribution in [0.3, 0.4) is 0 Å². The molecule has 0 aliphatic rings. The molecule has 0 saturated heterocycles. The van der Waals surface area contributed by atoms with Crippen LogP contribution in [0.4, 0.5) is 74.6 Å². The molecule has 21 heteroatoms. The van der Waals surface area contributed by atoms with E-state index in [2.05, 4.69) is 0 Å². The van der Waals surface area contributed by atoms with Crippen LogP contribution in [0.1, 0.15) is 6.42 Å². The van der Waals surface area contributed by atoms with Crippen LogP contribution in [0.25, 0.3) is 0 Å². The fourth-order valence-electron chi connectivity index (χ4n) is 1.53. The Kier molecular flexibility index (Phi) is 15.4. The molecule has 0 atom stereocenters. The van der Waals surface area contributed by atoms with Gasteiger partial charge in [0.15, 0.2) is 0 Å². The Labute approximate surface area is 187 Å². The molecule has 3 nitrogen and oxygen atoms in total. The molecule has 0 radical (unpaired) electrons. The Morgan fingerprint density at radius 2 is 0.618 bits per heavy atom. The third kappa shape index (κ3) is 6.50. The van der Waals surface area contributed by atoms with Gasteiger partial charge in [0.25, 0.3) is 0 Å². The first-order valence-electron chi connectivity index (χ1n) is 7.57. The summed E-state index contributed by atoms with van der Waals surface area (Å²) in [6.45, 7) is 0. The third-order valence-corrected chi connectivity index (χ3v) is 3.53. The molecule has 0 aromatic rings. The van der Waals surface area contributed by atoms with Gasteiger partial charge in [-0.3, -0.25) is 0 Å². The Hall–Kier alpha value is -0.778. The van der Waals surface area contributed by atoms with Gasteiger partial charge in [0, 0.05) is 21.3 Å². The van der Waals surface area contributed by atoms with E-state index in [9.17, 15) is 74.6 Å². The van der Waals surface area contributed by atoms with E-state index in [0.717, 1.165) is 21.3 Å². The number of hydrogen-bond acceptors (Lipinski definition) is 3. The molecular formula is C13H16AlF17O3+2. The zero-order chi connectivity index (χ0) is 29.4. The molecule has 0 saturated carbocycles. The first-order valence-corrected chi connectivity index (χ1v) is 8.38. The fraction of sp³-hybridized carbons (Fsp3) is 1.00. The van der Waals surface area contributed by atoms with Crippen molar-refractivity contribution >= 4 is 16.3 Å². The SMILES string of the molecule is CO.CO.CO.FC(F)(F)C(F)(F)C(F)(F)C(F)(F)C(F)(F)C(F)(F)C(F)(F)C(F)(F)C[CH2][Al+2]. The van der Waals surface area contributed by atoms with Crippen LogP contribution in [0, 0.1) is 0 Å². The molecule has 0 aliphatic carbocycles. The first-order chi connectivity index (χ1) is 14.8. The normalized spacial score (nSPS) is 14.1. The molecule has 206 valence electrons. The minimum absolute atomic E-state index is 1.00. The monoisotopic (exact) mass is 570 g/mol. The molecule has 3 N–H and O–H groups in total. The first kappa shape index (κ1) is 40.4. The van der Waals surface area contributed by atoms with E-state index in [4.69, 9.17) is 15.3 Å². The average molecular weight is 570 g/mol. The van der Waals surface area contributed by atoms with Crippen molar-refractivity contribution < 1.29 is 90.0 Å². The molecule has 0 rings (SSSR count). The Balaban J connectivity index is -0.000000689. The van der Waals surface area contributed by atoms with E-state index in [-0.39, 0.29) is 0 Å². The number of alkyl halides is 17. The van der Waals surface area contributed by atoms with Crippen molar-refractivity contribution in [3.8, 4) is 0 Å². The molecule has 0 spiro atoms. The maximum atomic E-state index is 13.2. The summed E-state index contributed by atoms with van der Waals surface area (Å²) in [4.78, 5) is 0. The van der Waals surface area contributed by atoms with Gasteiger partial charge >= 0.3 is 150 Å². The van der Waals surface area contributed by atoms with Crippen molar-refractivity contribution in [3.63, 3.8) is 0 Å². The molecule has 0 unspecified atom stereocenters. The summed E-state index contributed by atoms with van der Waals surface area (Å²) >= 11 is 1.21. The van der Waals surface area contributed by atoms with Crippen molar-refractivity contribution in [1.29, 1.82) is 0 Å². The van der Waals surface area contributed by atoms with Crippen molar-refractivity contribution in [1.82, 2.24) is 0 Å². The summed E-state index contributed by atoms with van der Waals surface area (Å²) in [7, 11) is 3.00. The van der Waals surface area contributed by atoms with E-state index in [0.29, 0.717) is 0 Å². The van der Waals surface area contributed by atoms with Gasteiger partial charge < -0.3 is 15.3 Å². The van der Waals surface area contributed by atoms with E-state index in [1.165, 1.54) is 16.3 Å². The van der Waals surface area contributed by atoms with Crippen LogP contribution in [0.5, 0.6) is 0 Å². The van der Waals surface area contributed by atoms with Gasteiger partial charge in [0.1, 0.15) is 0 Å². The van der Waals surface area contributed by atoms with Crippen LogP contribution in [0.2, 0.25) is 5.28 Å². The summed E-state index contributed by atoms with van der Waals surface area (Å²) in [5.74, 6) is -55.7. The minimum atomic E-state index is -8.57. The van der Waals surface area contributed by atoms with Crippen molar-refractivity contribution in [3.05, 3.63) is 0 Å². The maximum absolute atomic E-state index is 13.2. The number of halogens is 17. The van der Waals surface area contributed by atoms with Crippen LogP contribution >= 0.6 is 0 Å². The van der Waals surface area contributed by atoms with E-state index < -0.39 is 59.3 Å². The Morgan fingerprint density at radius 3 is 0.824 bits per heavy atom. The van der Waals surface area contributed by atoms with Crippen LogP contribution < -0.4 is 0 Å². The van der Waals surface area contributed by atoms with Gasteiger partial charge in [0.05, 0.1) is 0 Å². The van der Waals surface area contributed by atoms with Crippen LogP contribution in [-0.2, 0) is 0 Å². The summed E-state index contributed by atoms with van der Waals surface area (Å²) in [5, 5.41) is 19.8. The summed E-state index contributed by atoms with van der Waals surface area (Å²) in [6, 6.07) is 0. The summed E-state index contributed by atoms with van der Waals surface area (Å²) in [6.07, 6.45) is -10.2. The molecule has 0 heterocycles. The fourth-order valence-corrected chi connectivity index (χ4v) is 1.90. The van der Waals surface area contributed by atoms with E-state index >= 15 is 0 Å². The predicted molar refractivity (Wildman–Crippen MR) is 80.3 cm³/mol. The average Bonchev–Trinajstić information content (AvgIpc) is 2.70. The molecule has 0 bridgehead atoms. The number of aliphatic hydroxyl groups excluding tert-OH is 3. The van der Waals surface area contributed by atoms with Gasteiger partial charge in [-0.15, -0.1) is 0 Å². The van der Waals surface area contributed by atoms with Crippen LogP contribution in [-0.4, -0.2) is 101 Å². The van der Waals surface area contributed by atoms with Gasteiger partial charge in [-0.05, 0) is 0 Å². The van der Waals surface area contributed by atoms with E-state index in [1.807, 2.05) is 0 Å².